The molecule has 0 radical (unpaired) electrons. The van der Waals surface area contributed by atoms with Crippen molar-refractivity contribution in [2.75, 3.05) is 0 Å². The van der Waals surface area contributed by atoms with Crippen LogP contribution in [-0.4, -0.2) is 96.4 Å². The van der Waals surface area contributed by atoms with Crippen LogP contribution in [0.2, 0.25) is 5.02 Å². The van der Waals surface area contributed by atoms with Gasteiger partial charge < -0.3 is 25.2 Å². The second-order valence-corrected chi connectivity index (χ2v) is 9.90. The maximum Gasteiger partial charge on any atom is 0.249 e. The smallest absolute Gasteiger partial charge is 0.249 e. The Labute approximate surface area is 192 Å². The monoisotopic (exact) mass is 508 g/mol. The molecular weight excluding hydrogens is 488 g/mol. The minimum Gasteiger partial charge on any atom is -0.382 e. The van der Waals surface area contributed by atoms with E-state index in [1.807, 2.05) is 0 Å². The second-order valence-electron chi connectivity index (χ2n) is 7.58. The van der Waals surface area contributed by atoms with E-state index in [2.05, 4.69) is 9.97 Å². The molecule has 182 valence electrons. The van der Waals surface area contributed by atoms with Gasteiger partial charge in [0.15, 0.2) is 28.7 Å². The van der Waals surface area contributed by atoms with Crippen molar-refractivity contribution in [3.8, 4) is 0 Å². The van der Waals surface area contributed by atoms with Crippen molar-refractivity contribution in [3.05, 3.63) is 17.4 Å². The highest BCUT2D eigenvalue weighted by molar-refractivity contribution is 7.91. The summed E-state index contributed by atoms with van der Waals surface area (Å²) in [5.41, 5.74) is -14.3. The maximum atomic E-state index is 13.3. The van der Waals surface area contributed by atoms with E-state index < -0.39 is 72.6 Å². The number of carbonyl (C=O) groups is 4. The molecule has 0 aliphatic carbocycles. The molecular formula is C18H21ClN2O11S. The first kappa shape index (κ1) is 27.0. The first-order chi connectivity index (χ1) is 14.9. The van der Waals surface area contributed by atoms with Gasteiger partial charge in [-0.1, -0.05) is 11.6 Å². The minimum absolute atomic E-state index is 0.101. The second kappa shape index (κ2) is 8.54. The van der Waals surface area contributed by atoms with E-state index in [4.69, 9.17) is 16.3 Å². The van der Waals surface area contributed by atoms with Crippen LogP contribution >= 0.6 is 11.6 Å². The standard InChI is InChI=1S/C18H21ClN2O11S/c1-7(22)12(26)13-16(27,8(2)23)18(29,10(4)25)17(28,9(3)24)14(32-13)33(30,31)15-20-5-11(19)6-21-15/h5-6,12-14,26-29H,1-4H3/t12?,13-,14?,16-,17+,18+/m1/s1. The van der Waals surface area contributed by atoms with Crippen LogP contribution in [0, 0.1) is 0 Å². The van der Waals surface area contributed by atoms with Crippen molar-refractivity contribution in [1.29, 1.82) is 0 Å². The van der Waals surface area contributed by atoms with E-state index in [-0.39, 0.29) is 5.02 Å². The van der Waals surface area contributed by atoms with Gasteiger partial charge in [0, 0.05) is 0 Å². The van der Waals surface area contributed by atoms with Gasteiger partial charge in [-0.15, -0.1) is 0 Å². The van der Waals surface area contributed by atoms with E-state index in [0.29, 0.717) is 20.8 Å². The molecule has 15 heteroatoms. The molecule has 2 unspecified atom stereocenters. The highest BCUT2D eigenvalue weighted by Crippen LogP contribution is 2.49. The van der Waals surface area contributed by atoms with Crippen molar-refractivity contribution in [1.82, 2.24) is 9.97 Å². The fraction of sp³-hybridized carbons (Fsp3) is 0.556. The van der Waals surface area contributed by atoms with E-state index in [0.717, 1.165) is 19.3 Å². The third kappa shape index (κ3) is 3.62. The number of nitrogens with zero attached hydrogens (tertiary/aromatic N) is 2. The van der Waals surface area contributed by atoms with Crippen molar-refractivity contribution in [2.24, 2.45) is 0 Å². The average molecular weight is 509 g/mol. The summed E-state index contributed by atoms with van der Waals surface area (Å²) in [6.45, 7) is 2.49. The van der Waals surface area contributed by atoms with Gasteiger partial charge in [0.05, 0.1) is 17.4 Å². The molecule has 6 atom stereocenters. The predicted molar refractivity (Wildman–Crippen MR) is 106 cm³/mol. The zero-order valence-corrected chi connectivity index (χ0v) is 19.3. The van der Waals surface area contributed by atoms with Crippen molar-refractivity contribution >= 4 is 44.6 Å². The van der Waals surface area contributed by atoms with E-state index >= 15 is 0 Å². The van der Waals surface area contributed by atoms with Gasteiger partial charge in [0.2, 0.25) is 31.6 Å². The van der Waals surface area contributed by atoms with Gasteiger partial charge in [-0.2, -0.15) is 0 Å². The summed E-state index contributed by atoms with van der Waals surface area (Å²) in [5.74, 6) is -5.95. The van der Waals surface area contributed by atoms with E-state index in [9.17, 15) is 48.0 Å². The van der Waals surface area contributed by atoms with Gasteiger partial charge >= 0.3 is 0 Å². The zero-order valence-electron chi connectivity index (χ0n) is 17.7. The number of hydrogen-bond donors (Lipinski definition) is 4. The minimum atomic E-state index is -5.23. The number of ether oxygens (including phenoxy) is 1. The van der Waals surface area contributed by atoms with Crippen LogP contribution in [0.4, 0.5) is 0 Å². The molecule has 0 amide bonds. The molecule has 0 saturated carbocycles. The highest BCUT2D eigenvalue weighted by Gasteiger charge is 2.81. The van der Waals surface area contributed by atoms with Gasteiger partial charge in [0.25, 0.3) is 0 Å². The van der Waals surface area contributed by atoms with E-state index in [1.54, 1.807) is 0 Å². The Kier molecular flexibility index (Phi) is 7.00. The van der Waals surface area contributed by atoms with Gasteiger partial charge in [-0.05, 0) is 27.7 Å². The Hall–Kier alpha value is -2.20. The zero-order chi connectivity index (χ0) is 25.7. The number of Topliss-reactive ketones (excluding diaryl/α,β-unsaturated/α-hetero) is 4. The number of sulfone groups is 1. The Morgan fingerprint density at radius 2 is 1.42 bits per heavy atom. The third-order valence-electron chi connectivity index (χ3n) is 5.55. The number of ketones is 4. The lowest BCUT2D eigenvalue weighted by Gasteiger charge is -2.57. The van der Waals surface area contributed by atoms with Gasteiger partial charge in [-0.3, -0.25) is 19.2 Å². The lowest BCUT2D eigenvalue weighted by Crippen LogP contribution is -2.87. The Morgan fingerprint density at radius 3 is 1.79 bits per heavy atom. The van der Waals surface area contributed by atoms with Crippen LogP contribution < -0.4 is 0 Å². The average Bonchev–Trinajstić information content (AvgIpc) is 2.71. The summed E-state index contributed by atoms with van der Waals surface area (Å²) in [5, 5.41) is 42.9. The van der Waals surface area contributed by atoms with Gasteiger partial charge in [-0.25, -0.2) is 18.4 Å². The lowest BCUT2D eigenvalue weighted by atomic mass is 9.60. The number of aromatic nitrogens is 2. The molecule has 13 nitrogen and oxygen atoms in total. The van der Waals surface area contributed by atoms with Gasteiger partial charge in [0.1, 0.15) is 12.2 Å². The molecule has 0 bridgehead atoms. The summed E-state index contributed by atoms with van der Waals surface area (Å²) in [7, 11) is -5.23. The normalized spacial score (nSPS) is 33.2. The first-order valence-electron chi connectivity index (χ1n) is 9.17. The molecule has 2 rings (SSSR count). The number of halogens is 1. The van der Waals surface area contributed by atoms with Crippen molar-refractivity contribution in [2.45, 2.75) is 67.3 Å². The summed E-state index contributed by atoms with van der Waals surface area (Å²) in [6.07, 6.45) is -3.43. The fourth-order valence-electron chi connectivity index (χ4n) is 3.77. The summed E-state index contributed by atoms with van der Waals surface area (Å²) < 4.78 is 31.7. The lowest BCUT2D eigenvalue weighted by molar-refractivity contribution is -0.313. The molecule has 0 aromatic carbocycles. The number of hydrogen-bond acceptors (Lipinski definition) is 13. The van der Waals surface area contributed by atoms with Crippen LogP contribution in [0.5, 0.6) is 0 Å². The molecule has 33 heavy (non-hydrogen) atoms. The molecule has 1 aliphatic rings. The molecule has 1 aliphatic heterocycles. The number of rotatable bonds is 7. The summed E-state index contributed by atoms with van der Waals surface area (Å²) in [6, 6.07) is 0. The third-order valence-corrected chi connectivity index (χ3v) is 7.48. The first-order valence-corrected chi connectivity index (χ1v) is 11.1. The van der Waals surface area contributed by atoms with Crippen LogP contribution in [0.25, 0.3) is 0 Å². The number of aliphatic hydroxyl groups is 4. The van der Waals surface area contributed by atoms with Crippen LogP contribution in [0.1, 0.15) is 27.7 Å². The molecule has 0 spiro atoms. The predicted octanol–water partition coefficient (Wildman–Crippen LogP) is -2.46. The Morgan fingerprint density at radius 1 is 0.970 bits per heavy atom. The summed E-state index contributed by atoms with van der Waals surface area (Å²) in [4.78, 5) is 56.4. The molecule has 1 aromatic rings. The highest BCUT2D eigenvalue weighted by atomic mass is 35.5. The Bertz CT molecular complexity index is 1120. The Balaban J connectivity index is 3.01. The van der Waals surface area contributed by atoms with Crippen LogP contribution in [0.3, 0.4) is 0 Å². The van der Waals surface area contributed by atoms with E-state index in [1.165, 1.54) is 0 Å². The number of carbonyl (C=O) groups excluding carboxylic acids is 4. The maximum absolute atomic E-state index is 13.3. The molecule has 1 saturated heterocycles. The fourth-order valence-corrected chi connectivity index (χ4v) is 5.51. The molecule has 1 aromatic heterocycles. The van der Waals surface area contributed by atoms with Crippen molar-refractivity contribution in [3.63, 3.8) is 0 Å². The summed E-state index contributed by atoms with van der Waals surface area (Å²) >= 11 is 5.63. The SMILES string of the molecule is CC(=O)C(O)[C@H]1OC(S(=O)(=O)c2ncc(Cl)cn2)[C@@](O)(C(C)=O)[C@](O)(C(C)=O)[C@@]1(O)C(C)=O. The van der Waals surface area contributed by atoms with Crippen LogP contribution in [-0.2, 0) is 33.8 Å². The quantitative estimate of drug-likeness (QED) is 0.281. The molecule has 1 fully saturated rings. The molecule has 2 heterocycles. The number of aliphatic hydroxyl groups excluding tert-OH is 1. The topological polar surface area (TPSA) is 218 Å². The molecule has 4 N–H and O–H groups in total. The van der Waals surface area contributed by atoms with Crippen molar-refractivity contribution < 1.29 is 52.8 Å². The largest absolute Gasteiger partial charge is 0.382 e. The van der Waals surface area contributed by atoms with Crippen LogP contribution in [0.15, 0.2) is 17.6 Å².